The van der Waals surface area contributed by atoms with Gasteiger partial charge in [-0.15, -0.1) is 0 Å². The van der Waals surface area contributed by atoms with Crippen molar-refractivity contribution in [3.05, 3.63) is 47.7 Å². The van der Waals surface area contributed by atoms with Crippen molar-refractivity contribution in [2.45, 2.75) is 39.2 Å². The first-order chi connectivity index (χ1) is 16.8. The third-order valence-electron chi connectivity index (χ3n) is 6.84. The van der Waals surface area contributed by atoms with E-state index in [0.29, 0.717) is 29.0 Å². The number of rotatable bonds is 7. The van der Waals surface area contributed by atoms with E-state index >= 15 is 0 Å². The lowest BCUT2D eigenvalue weighted by Crippen LogP contribution is -2.31. The van der Waals surface area contributed by atoms with Crippen LogP contribution in [-0.2, 0) is 0 Å². The molecule has 0 spiro atoms. The van der Waals surface area contributed by atoms with Crippen LogP contribution in [0.1, 0.15) is 53.8 Å². The standard InChI is InChI=1S/C27H31N5O2S/c1-15(2)30-27-29-14-23(35-27)19-6-7-20(26(28)34)25-24(19)18-5-4-17(13-21(18)31-25)22(33)12-16-8-10-32(3)11-9-16/h4-7,13-16,31H,8-12H2,1-3H3,(H2,28,34)(H,29,30). The molecule has 1 aliphatic heterocycles. The average molecular weight is 490 g/mol. The first-order valence-electron chi connectivity index (χ1n) is 12.1. The van der Waals surface area contributed by atoms with Crippen molar-refractivity contribution in [2.75, 3.05) is 25.5 Å². The molecule has 1 fully saturated rings. The molecule has 0 unspecified atom stereocenters. The van der Waals surface area contributed by atoms with E-state index in [-0.39, 0.29) is 11.8 Å². The van der Waals surface area contributed by atoms with Gasteiger partial charge in [0, 0.05) is 46.1 Å². The molecular weight excluding hydrogens is 458 g/mol. The van der Waals surface area contributed by atoms with Gasteiger partial charge in [0.2, 0.25) is 0 Å². The summed E-state index contributed by atoms with van der Waals surface area (Å²) < 4.78 is 0. The number of hydrogen-bond acceptors (Lipinski definition) is 6. The van der Waals surface area contributed by atoms with Gasteiger partial charge < -0.3 is 20.9 Å². The molecule has 5 rings (SSSR count). The van der Waals surface area contributed by atoms with Gasteiger partial charge in [0.1, 0.15) is 0 Å². The van der Waals surface area contributed by atoms with Gasteiger partial charge in [0.25, 0.3) is 5.91 Å². The number of amides is 1. The van der Waals surface area contributed by atoms with Crippen LogP contribution >= 0.6 is 11.3 Å². The number of primary amides is 1. The van der Waals surface area contributed by atoms with E-state index in [1.54, 1.807) is 17.4 Å². The second-order valence-electron chi connectivity index (χ2n) is 9.86. The van der Waals surface area contributed by atoms with Crippen molar-refractivity contribution in [1.29, 1.82) is 0 Å². The van der Waals surface area contributed by atoms with Gasteiger partial charge in [0.15, 0.2) is 10.9 Å². The summed E-state index contributed by atoms with van der Waals surface area (Å²) in [5, 5.41) is 6.08. The Hall–Kier alpha value is -3.23. The third kappa shape index (κ3) is 4.68. The maximum absolute atomic E-state index is 13.1. The highest BCUT2D eigenvalue weighted by Crippen LogP contribution is 2.40. The van der Waals surface area contributed by atoms with Gasteiger partial charge in [-0.1, -0.05) is 29.5 Å². The Morgan fingerprint density at radius 1 is 1.23 bits per heavy atom. The number of H-pyrrole nitrogens is 1. The number of piperidine rings is 1. The van der Waals surface area contributed by atoms with Crippen LogP contribution in [0.2, 0.25) is 0 Å². The third-order valence-corrected chi connectivity index (χ3v) is 7.80. The summed E-state index contributed by atoms with van der Waals surface area (Å²) in [6.45, 7) is 6.24. The number of benzene rings is 2. The zero-order valence-corrected chi connectivity index (χ0v) is 21.2. The number of ketones is 1. The second-order valence-corrected chi connectivity index (χ2v) is 10.9. The van der Waals surface area contributed by atoms with Crippen molar-refractivity contribution in [2.24, 2.45) is 11.7 Å². The number of nitrogens with two attached hydrogens (primary N) is 1. The summed E-state index contributed by atoms with van der Waals surface area (Å²) >= 11 is 1.57. The van der Waals surface area contributed by atoms with E-state index in [1.165, 1.54) is 0 Å². The summed E-state index contributed by atoms with van der Waals surface area (Å²) in [5.41, 5.74) is 9.34. The van der Waals surface area contributed by atoms with Crippen LogP contribution in [0.3, 0.4) is 0 Å². The molecular formula is C27H31N5O2S. The van der Waals surface area contributed by atoms with Crippen LogP contribution < -0.4 is 11.1 Å². The van der Waals surface area contributed by atoms with Crippen LogP contribution in [0.4, 0.5) is 5.13 Å². The number of hydrogen-bond donors (Lipinski definition) is 3. The first-order valence-corrected chi connectivity index (χ1v) is 12.9. The number of Topliss-reactive ketones (excluding diaryl/α,β-unsaturated/α-hetero) is 1. The van der Waals surface area contributed by atoms with E-state index in [1.807, 2.05) is 30.5 Å². The van der Waals surface area contributed by atoms with Crippen LogP contribution in [0, 0.1) is 5.92 Å². The molecule has 0 bridgehead atoms. The van der Waals surface area contributed by atoms with Gasteiger partial charge in [0.05, 0.1) is 16.0 Å². The molecule has 0 aliphatic carbocycles. The molecule has 8 heteroatoms. The van der Waals surface area contributed by atoms with Crippen molar-refractivity contribution >= 4 is 50.0 Å². The maximum Gasteiger partial charge on any atom is 0.250 e. The van der Waals surface area contributed by atoms with Crippen LogP contribution in [-0.4, -0.2) is 52.7 Å². The summed E-state index contributed by atoms with van der Waals surface area (Å²) in [7, 11) is 2.13. The normalized spacial score (nSPS) is 15.3. The fraction of sp³-hybridized carbons (Fsp3) is 0.370. The van der Waals surface area contributed by atoms with Gasteiger partial charge in [-0.25, -0.2) is 4.98 Å². The Morgan fingerprint density at radius 3 is 2.71 bits per heavy atom. The smallest absolute Gasteiger partial charge is 0.250 e. The Morgan fingerprint density at radius 2 is 2.00 bits per heavy atom. The second kappa shape index (κ2) is 9.43. The van der Waals surface area contributed by atoms with Gasteiger partial charge in [-0.2, -0.15) is 0 Å². The highest BCUT2D eigenvalue weighted by molar-refractivity contribution is 7.19. The minimum atomic E-state index is -0.488. The molecule has 1 aliphatic rings. The molecule has 35 heavy (non-hydrogen) atoms. The molecule has 1 saturated heterocycles. The molecule has 2 aromatic heterocycles. The summed E-state index contributed by atoms with van der Waals surface area (Å²) in [5.74, 6) is 0.116. The molecule has 0 saturated carbocycles. The predicted molar refractivity (Wildman–Crippen MR) is 143 cm³/mol. The number of thiazole rings is 1. The van der Waals surface area contributed by atoms with E-state index in [4.69, 9.17) is 5.73 Å². The number of fused-ring (bicyclic) bond motifs is 3. The Labute approximate surface area is 208 Å². The number of aromatic amines is 1. The van der Waals surface area contributed by atoms with Gasteiger partial charge in [-0.3, -0.25) is 9.59 Å². The molecule has 0 radical (unpaired) electrons. The largest absolute Gasteiger partial charge is 0.366 e. The SMILES string of the molecule is CC(C)Nc1ncc(-c2ccc(C(N)=O)c3[nH]c4cc(C(=O)CC5CCN(C)CC5)ccc4c23)s1. The molecule has 3 heterocycles. The van der Waals surface area contributed by atoms with E-state index in [0.717, 1.165) is 57.8 Å². The Kier molecular flexibility index (Phi) is 6.34. The monoisotopic (exact) mass is 489 g/mol. The number of carbonyl (C=O) groups is 2. The Balaban J connectivity index is 1.55. The lowest BCUT2D eigenvalue weighted by molar-refractivity contribution is 0.0935. The Bertz CT molecular complexity index is 1410. The fourth-order valence-electron chi connectivity index (χ4n) is 4.96. The highest BCUT2D eigenvalue weighted by atomic mass is 32.1. The number of likely N-dealkylation sites (tertiary alicyclic amines) is 1. The van der Waals surface area contributed by atoms with Crippen molar-refractivity contribution < 1.29 is 9.59 Å². The first kappa shape index (κ1) is 23.5. The molecule has 4 N–H and O–H groups in total. The van der Waals surface area contributed by atoms with Crippen molar-refractivity contribution in [3.8, 4) is 10.4 Å². The number of nitrogens with zero attached hydrogens (tertiary/aromatic N) is 2. The quantitative estimate of drug-likeness (QED) is 0.307. The molecule has 0 atom stereocenters. The number of anilines is 1. The minimum Gasteiger partial charge on any atom is -0.366 e. The summed E-state index contributed by atoms with van der Waals surface area (Å²) in [6, 6.07) is 9.78. The van der Waals surface area contributed by atoms with Gasteiger partial charge in [-0.05, 0) is 64.9 Å². The number of aromatic nitrogens is 2. The number of nitrogens with one attached hydrogen (secondary N) is 2. The number of carbonyl (C=O) groups excluding carboxylic acids is 2. The maximum atomic E-state index is 13.1. The van der Waals surface area contributed by atoms with Crippen LogP contribution in [0.15, 0.2) is 36.5 Å². The van der Waals surface area contributed by atoms with Crippen molar-refractivity contribution in [1.82, 2.24) is 14.9 Å². The van der Waals surface area contributed by atoms with E-state index < -0.39 is 5.91 Å². The van der Waals surface area contributed by atoms with E-state index in [9.17, 15) is 9.59 Å². The fourth-order valence-corrected chi connectivity index (χ4v) is 5.95. The minimum absolute atomic E-state index is 0.169. The lowest BCUT2D eigenvalue weighted by Gasteiger charge is -2.28. The topological polar surface area (TPSA) is 104 Å². The predicted octanol–water partition coefficient (Wildman–Crippen LogP) is 5.28. The van der Waals surface area contributed by atoms with E-state index in [2.05, 4.69) is 41.1 Å². The molecule has 1 amide bonds. The van der Waals surface area contributed by atoms with Crippen molar-refractivity contribution in [3.63, 3.8) is 0 Å². The molecule has 2 aromatic carbocycles. The van der Waals surface area contributed by atoms with Gasteiger partial charge >= 0.3 is 0 Å². The molecule has 7 nitrogen and oxygen atoms in total. The van der Waals surface area contributed by atoms with Crippen LogP contribution in [0.5, 0.6) is 0 Å². The zero-order valence-electron chi connectivity index (χ0n) is 20.4. The van der Waals surface area contributed by atoms with Crippen LogP contribution in [0.25, 0.3) is 32.2 Å². The zero-order chi connectivity index (χ0) is 24.7. The summed E-state index contributed by atoms with van der Waals surface area (Å²) in [4.78, 5) is 36.5. The molecule has 4 aromatic rings. The summed E-state index contributed by atoms with van der Waals surface area (Å²) in [6.07, 6.45) is 4.55. The average Bonchev–Trinajstić information content (AvgIpc) is 3.43. The molecule has 182 valence electrons. The highest BCUT2D eigenvalue weighted by Gasteiger charge is 2.22. The lowest BCUT2D eigenvalue weighted by atomic mass is 9.90.